The predicted molar refractivity (Wildman–Crippen MR) is 229 cm³/mol. The van der Waals surface area contributed by atoms with E-state index in [0.717, 1.165) is 58.5 Å². The summed E-state index contributed by atoms with van der Waals surface area (Å²) in [6.07, 6.45) is 17.3. The third kappa shape index (κ3) is 4.07. The van der Waals surface area contributed by atoms with Crippen molar-refractivity contribution in [2.45, 2.75) is 140 Å². The van der Waals surface area contributed by atoms with E-state index in [-0.39, 0.29) is 17.5 Å². The molecular formula is C53H59BO2. The third-order valence-electron chi connectivity index (χ3n) is 18.5. The number of fused-ring (bicyclic) bond motifs is 4. The van der Waals surface area contributed by atoms with Crippen LogP contribution in [0.15, 0.2) is 66.7 Å². The van der Waals surface area contributed by atoms with Gasteiger partial charge >= 0.3 is 0 Å². The molecule has 8 saturated carbocycles. The summed E-state index contributed by atoms with van der Waals surface area (Å²) in [5.41, 5.74) is 14.1. The van der Waals surface area contributed by atoms with Gasteiger partial charge in [0.1, 0.15) is 23.0 Å². The van der Waals surface area contributed by atoms with Crippen molar-refractivity contribution in [1.29, 1.82) is 0 Å². The molecule has 0 aromatic heterocycles. The Morgan fingerprint density at radius 1 is 0.571 bits per heavy atom. The second-order valence-electron chi connectivity index (χ2n) is 23.1. The van der Waals surface area contributed by atoms with E-state index in [9.17, 15) is 0 Å². The maximum atomic E-state index is 7.19. The topological polar surface area (TPSA) is 18.5 Å². The van der Waals surface area contributed by atoms with Gasteiger partial charge in [0.2, 0.25) is 0 Å². The molecule has 2 nitrogen and oxygen atoms in total. The molecule has 8 fully saturated rings. The summed E-state index contributed by atoms with van der Waals surface area (Å²) in [6, 6.07) is 26.8. The highest BCUT2D eigenvalue weighted by Gasteiger charge is 2.80. The van der Waals surface area contributed by atoms with Gasteiger partial charge in [-0.2, -0.15) is 0 Å². The zero-order chi connectivity index (χ0) is 37.7. The molecule has 1 spiro atoms. The van der Waals surface area contributed by atoms with E-state index in [2.05, 4.69) is 108 Å². The molecule has 2 aliphatic heterocycles. The van der Waals surface area contributed by atoms with Gasteiger partial charge in [-0.05, 0) is 203 Å². The van der Waals surface area contributed by atoms with Crippen LogP contribution in [-0.4, -0.2) is 6.71 Å². The standard InChI is InChI=1S/C53H59BO2/c1-49(2,3)35-12-14-43-41(24-35)54-42-25-36(50(4,5)6)13-15-44(42)56-46-22-33(21-45(55-43)48(46)54)47-39(51-26-30-18-31(27-51)20-32(19-30)28-51)8-7-9-40(47)52-17-16-34-10-11-37-23-38(29-52)53(34,37)52/h7-9,12-15,21-22,24-25,30-32,34,37-38H,10-11,16-20,23,26-29H2,1-6H3. The Hall–Kier alpha value is -3.46. The normalized spacial score (nSPS) is 36.0. The smallest absolute Gasteiger partial charge is 0.260 e. The lowest BCUT2D eigenvalue weighted by atomic mass is 9.31. The number of hydrogen-bond acceptors (Lipinski definition) is 2. The monoisotopic (exact) mass is 738 g/mol. The van der Waals surface area contributed by atoms with Gasteiger partial charge in [0.15, 0.2) is 0 Å². The lowest BCUT2D eigenvalue weighted by Crippen LogP contribution is -2.69. The number of hydrogen-bond donors (Lipinski definition) is 0. The first-order chi connectivity index (χ1) is 26.8. The predicted octanol–water partition coefficient (Wildman–Crippen LogP) is 11.6. The maximum absolute atomic E-state index is 7.19. The average Bonchev–Trinajstić information content (AvgIpc) is 3.66. The van der Waals surface area contributed by atoms with Gasteiger partial charge < -0.3 is 9.47 Å². The minimum atomic E-state index is 0.0398. The fourth-order valence-electron chi connectivity index (χ4n) is 16.8. The van der Waals surface area contributed by atoms with Crippen LogP contribution in [0.1, 0.15) is 141 Å². The molecule has 286 valence electrons. The molecule has 3 heteroatoms. The van der Waals surface area contributed by atoms with Crippen LogP contribution in [0.5, 0.6) is 23.0 Å². The van der Waals surface area contributed by atoms with Gasteiger partial charge in [-0.1, -0.05) is 84.0 Å². The minimum absolute atomic E-state index is 0.0398. The molecule has 2 heterocycles. The fourth-order valence-corrected chi connectivity index (χ4v) is 16.8. The Morgan fingerprint density at radius 3 is 1.71 bits per heavy atom. The number of ether oxygens (including phenoxy) is 2. The summed E-state index contributed by atoms with van der Waals surface area (Å²) in [4.78, 5) is 0. The SMILES string of the molecule is CC(C)(C)c1ccc2c(c1)B1c3cc(C(C)(C)C)ccc3Oc3cc(-c4c(C56CC7CC(CC(C7)C5)C6)cccc4C45CCC6CCC7CC(C4)C675)cc(c31)O2. The van der Waals surface area contributed by atoms with E-state index >= 15 is 0 Å². The van der Waals surface area contributed by atoms with Crippen LogP contribution in [0.4, 0.5) is 0 Å². The number of rotatable bonds is 3. The van der Waals surface area contributed by atoms with Gasteiger partial charge in [0.05, 0.1) is 0 Å². The molecule has 5 unspecified atom stereocenters. The third-order valence-corrected chi connectivity index (χ3v) is 18.5. The van der Waals surface area contributed by atoms with Crippen LogP contribution < -0.4 is 25.9 Å². The summed E-state index contributed by atoms with van der Waals surface area (Å²) in [5.74, 6) is 9.59. The molecule has 5 atom stereocenters. The molecule has 4 bridgehead atoms. The van der Waals surface area contributed by atoms with Crippen molar-refractivity contribution in [1.82, 2.24) is 0 Å². The summed E-state index contributed by atoms with van der Waals surface area (Å²) in [6.45, 7) is 14.0. The van der Waals surface area contributed by atoms with Crippen molar-refractivity contribution in [3.63, 3.8) is 0 Å². The largest absolute Gasteiger partial charge is 0.458 e. The van der Waals surface area contributed by atoms with Crippen molar-refractivity contribution >= 4 is 23.1 Å². The van der Waals surface area contributed by atoms with Crippen LogP contribution in [0.25, 0.3) is 11.1 Å². The maximum Gasteiger partial charge on any atom is 0.260 e. The zero-order valence-corrected chi connectivity index (χ0v) is 34.7. The molecule has 56 heavy (non-hydrogen) atoms. The van der Waals surface area contributed by atoms with E-state index in [4.69, 9.17) is 9.47 Å². The van der Waals surface area contributed by atoms with Crippen molar-refractivity contribution in [3.05, 3.63) is 89.0 Å². The first kappa shape index (κ1) is 33.5. The van der Waals surface area contributed by atoms with Crippen molar-refractivity contribution in [2.24, 2.45) is 40.9 Å². The van der Waals surface area contributed by atoms with E-state index in [1.54, 1.807) is 16.7 Å². The molecule has 4 aromatic rings. The summed E-state index contributed by atoms with van der Waals surface area (Å²) in [5, 5.41) is 0. The molecule has 0 N–H and O–H groups in total. The van der Waals surface area contributed by atoms with E-state index in [1.165, 1.54) is 110 Å². The Kier molecular flexibility index (Phi) is 6.33. The zero-order valence-electron chi connectivity index (χ0n) is 34.7. The Morgan fingerprint density at radius 2 is 1.14 bits per heavy atom. The molecule has 10 aliphatic rings. The number of benzene rings is 4. The first-order valence-corrected chi connectivity index (χ1v) is 22.8. The van der Waals surface area contributed by atoms with Crippen LogP contribution in [0.2, 0.25) is 0 Å². The van der Waals surface area contributed by atoms with E-state index < -0.39 is 0 Å². The molecule has 14 rings (SSSR count). The van der Waals surface area contributed by atoms with Crippen molar-refractivity contribution in [2.75, 3.05) is 0 Å². The highest BCUT2D eigenvalue weighted by molar-refractivity contribution is 6.98. The van der Waals surface area contributed by atoms with Gasteiger partial charge in [0, 0.05) is 10.9 Å². The highest BCUT2D eigenvalue weighted by Crippen LogP contribution is 2.86. The van der Waals surface area contributed by atoms with E-state index in [0.29, 0.717) is 16.2 Å². The lowest BCUT2D eigenvalue weighted by molar-refractivity contribution is -0.201. The summed E-state index contributed by atoms with van der Waals surface area (Å²) < 4.78 is 14.4. The minimum Gasteiger partial charge on any atom is -0.458 e. The van der Waals surface area contributed by atoms with E-state index in [1.807, 2.05) is 0 Å². The van der Waals surface area contributed by atoms with Gasteiger partial charge in [0.25, 0.3) is 6.71 Å². The van der Waals surface area contributed by atoms with Gasteiger partial charge in [-0.15, -0.1) is 0 Å². The second-order valence-corrected chi connectivity index (χ2v) is 23.1. The lowest BCUT2D eigenvalue weighted by Gasteiger charge is -2.73. The summed E-state index contributed by atoms with van der Waals surface area (Å²) >= 11 is 0. The Labute approximate surface area is 335 Å². The Bertz CT molecular complexity index is 2260. The van der Waals surface area contributed by atoms with Crippen molar-refractivity contribution < 1.29 is 9.47 Å². The van der Waals surface area contributed by atoms with Crippen LogP contribution in [0, 0.1) is 40.9 Å². The van der Waals surface area contributed by atoms with Gasteiger partial charge in [-0.3, -0.25) is 0 Å². The van der Waals surface area contributed by atoms with Crippen LogP contribution >= 0.6 is 0 Å². The average molecular weight is 739 g/mol. The molecular weight excluding hydrogens is 679 g/mol. The molecule has 8 aliphatic carbocycles. The first-order valence-electron chi connectivity index (χ1n) is 22.8. The van der Waals surface area contributed by atoms with Crippen LogP contribution in [-0.2, 0) is 21.7 Å². The molecule has 0 radical (unpaired) electrons. The van der Waals surface area contributed by atoms with Crippen LogP contribution in [0.3, 0.4) is 0 Å². The quantitative estimate of drug-likeness (QED) is 0.168. The second kappa shape index (κ2) is 10.6. The summed E-state index contributed by atoms with van der Waals surface area (Å²) in [7, 11) is 0. The molecule has 0 saturated heterocycles. The van der Waals surface area contributed by atoms with Gasteiger partial charge in [-0.25, -0.2) is 0 Å². The fraction of sp³-hybridized carbons (Fsp3) is 0.547. The van der Waals surface area contributed by atoms with Crippen molar-refractivity contribution in [3.8, 4) is 34.1 Å². The molecule has 0 amide bonds. The highest BCUT2D eigenvalue weighted by atomic mass is 16.5. The Balaban J connectivity index is 1.05. The molecule has 4 aromatic carbocycles.